The minimum absolute atomic E-state index is 0.333. The molecule has 0 bridgehead atoms. The number of aromatic nitrogens is 1. The summed E-state index contributed by atoms with van der Waals surface area (Å²) in [5.41, 5.74) is 15.1. The van der Waals surface area contributed by atoms with Crippen LogP contribution in [0.1, 0.15) is 39.0 Å². The molecule has 2 rings (SSSR count). The molecule has 7 nitrogen and oxygen atoms in total. The molecule has 2 aromatic rings. The van der Waals surface area contributed by atoms with Crippen LogP contribution in [0.3, 0.4) is 0 Å². The Bertz CT molecular complexity index is 757. The second-order valence-electron chi connectivity index (χ2n) is 5.28. The summed E-state index contributed by atoms with van der Waals surface area (Å²) in [6.07, 6.45) is 0. The minimum atomic E-state index is -0.522. The van der Waals surface area contributed by atoms with E-state index in [1.807, 2.05) is 6.92 Å². The number of hydrogen-bond donors (Lipinski definition) is 3. The van der Waals surface area contributed by atoms with Crippen LogP contribution < -0.4 is 21.6 Å². The Morgan fingerprint density at radius 1 is 1.17 bits per heavy atom. The van der Waals surface area contributed by atoms with E-state index < -0.39 is 5.91 Å². The number of nitrogens with one attached hydrogen (secondary N) is 3. The summed E-state index contributed by atoms with van der Waals surface area (Å²) in [6, 6.07) is 8.57. The largest absolute Gasteiger partial charge is 0.462 e. The second kappa shape index (κ2) is 7.45. The number of hydrazine groups is 1. The predicted octanol–water partition coefficient (Wildman–Crippen LogP) is 1.83. The number of amides is 1. The molecule has 0 radical (unpaired) electrons. The van der Waals surface area contributed by atoms with E-state index in [9.17, 15) is 9.59 Å². The number of esters is 1. The third-order valence-corrected chi connectivity index (χ3v) is 3.37. The number of nitrogens with two attached hydrogens (primary N) is 1. The van der Waals surface area contributed by atoms with E-state index in [1.54, 1.807) is 44.2 Å². The number of carbonyl (C=O) groups excluding carboxylic acids is 2. The molecule has 5 N–H and O–H groups in total. The third-order valence-electron chi connectivity index (χ3n) is 3.37. The molecule has 0 aliphatic rings. The number of aryl methyl sites for hydroxylation is 2. The van der Waals surface area contributed by atoms with Gasteiger partial charge in [-0.2, -0.15) is 0 Å². The number of ether oxygens (including phenoxy) is 1. The van der Waals surface area contributed by atoms with Gasteiger partial charge in [0.05, 0.1) is 23.5 Å². The SMILES string of the molecule is CCOC(=O)c1ccc(NNc2cc(C)[nH+]c(C)c2C(N)=O)cc1. The Hall–Kier alpha value is -3.09. The van der Waals surface area contributed by atoms with Gasteiger partial charge >= 0.3 is 5.97 Å². The Morgan fingerprint density at radius 3 is 2.42 bits per heavy atom. The van der Waals surface area contributed by atoms with Gasteiger partial charge in [-0.05, 0) is 31.2 Å². The van der Waals surface area contributed by atoms with E-state index in [4.69, 9.17) is 10.5 Å². The molecular formula is C17H21N4O3+. The molecule has 0 aliphatic heterocycles. The van der Waals surface area contributed by atoms with Crippen molar-refractivity contribution in [1.29, 1.82) is 0 Å². The lowest BCUT2D eigenvalue weighted by Crippen LogP contribution is -2.25. The van der Waals surface area contributed by atoms with Gasteiger partial charge in [-0.1, -0.05) is 0 Å². The molecule has 1 aromatic carbocycles. The van der Waals surface area contributed by atoms with Crippen LogP contribution in [0.4, 0.5) is 11.4 Å². The molecule has 1 amide bonds. The van der Waals surface area contributed by atoms with Gasteiger partial charge in [0, 0.05) is 19.9 Å². The van der Waals surface area contributed by atoms with Crippen molar-refractivity contribution in [3.8, 4) is 0 Å². The van der Waals surface area contributed by atoms with Crippen LogP contribution in [0, 0.1) is 13.8 Å². The van der Waals surface area contributed by atoms with Gasteiger partial charge < -0.3 is 15.9 Å². The monoisotopic (exact) mass is 329 g/mol. The van der Waals surface area contributed by atoms with Gasteiger partial charge in [-0.15, -0.1) is 0 Å². The molecule has 0 spiro atoms. The lowest BCUT2D eigenvalue weighted by molar-refractivity contribution is -0.396. The zero-order valence-electron chi connectivity index (χ0n) is 13.9. The number of anilines is 2. The third kappa shape index (κ3) is 4.01. The zero-order valence-corrected chi connectivity index (χ0v) is 13.9. The van der Waals surface area contributed by atoms with Crippen molar-refractivity contribution >= 4 is 23.3 Å². The van der Waals surface area contributed by atoms with Crippen LogP contribution in [0.5, 0.6) is 0 Å². The summed E-state index contributed by atoms with van der Waals surface area (Å²) in [4.78, 5) is 26.3. The van der Waals surface area contributed by atoms with E-state index in [-0.39, 0.29) is 5.97 Å². The lowest BCUT2D eigenvalue weighted by atomic mass is 10.1. The molecule has 24 heavy (non-hydrogen) atoms. The molecule has 0 saturated carbocycles. The van der Waals surface area contributed by atoms with Crippen LogP contribution in [0.25, 0.3) is 0 Å². The summed E-state index contributed by atoms with van der Waals surface area (Å²) in [5.74, 6) is -0.886. The van der Waals surface area contributed by atoms with E-state index in [1.165, 1.54) is 0 Å². The summed E-state index contributed by atoms with van der Waals surface area (Å²) < 4.78 is 4.94. The Kier molecular flexibility index (Phi) is 5.36. The van der Waals surface area contributed by atoms with Gasteiger partial charge in [0.25, 0.3) is 5.91 Å². The highest BCUT2D eigenvalue weighted by molar-refractivity contribution is 5.99. The van der Waals surface area contributed by atoms with Gasteiger partial charge in [0.2, 0.25) is 0 Å². The first kappa shape index (κ1) is 17.3. The van der Waals surface area contributed by atoms with Crippen LogP contribution in [0.2, 0.25) is 0 Å². The molecule has 126 valence electrons. The Labute approximate surface area is 140 Å². The maximum atomic E-state index is 11.6. The molecule has 1 aromatic heterocycles. The highest BCUT2D eigenvalue weighted by Gasteiger charge is 2.18. The fraction of sp³-hybridized carbons (Fsp3) is 0.235. The number of benzene rings is 1. The maximum Gasteiger partial charge on any atom is 0.338 e. The highest BCUT2D eigenvalue weighted by Crippen LogP contribution is 2.18. The Morgan fingerprint density at radius 2 is 1.83 bits per heavy atom. The van der Waals surface area contributed by atoms with Crippen LogP contribution in [-0.4, -0.2) is 18.5 Å². The van der Waals surface area contributed by atoms with Crippen molar-refractivity contribution in [2.24, 2.45) is 5.73 Å². The first-order chi connectivity index (χ1) is 11.4. The number of rotatable bonds is 6. The first-order valence-electron chi connectivity index (χ1n) is 7.55. The fourth-order valence-electron chi connectivity index (χ4n) is 2.34. The van der Waals surface area contributed by atoms with Crippen LogP contribution in [-0.2, 0) is 4.74 Å². The number of pyridine rings is 1. The van der Waals surface area contributed by atoms with Crippen LogP contribution >= 0.6 is 0 Å². The standard InChI is InChI=1S/C17H20N4O3/c1-4-24-17(23)12-5-7-13(8-6-12)20-21-14-9-10(2)19-11(3)15(14)16(18)22/h5-9,20H,4H2,1-3H3,(H2,18,22)(H,19,21)/p+1. The molecule has 0 unspecified atom stereocenters. The quantitative estimate of drug-likeness (QED) is 0.553. The van der Waals surface area contributed by atoms with E-state index in [2.05, 4.69) is 15.8 Å². The van der Waals surface area contributed by atoms with Crippen molar-refractivity contribution in [3.05, 3.63) is 52.8 Å². The second-order valence-corrected chi connectivity index (χ2v) is 5.28. The number of aromatic amines is 1. The van der Waals surface area contributed by atoms with Gasteiger partial charge in [0.1, 0.15) is 5.56 Å². The van der Waals surface area contributed by atoms with E-state index in [0.717, 1.165) is 11.4 Å². The van der Waals surface area contributed by atoms with Gasteiger partial charge in [0.15, 0.2) is 11.4 Å². The average Bonchev–Trinajstić information content (AvgIpc) is 2.52. The van der Waals surface area contributed by atoms with Crippen LogP contribution in [0.15, 0.2) is 30.3 Å². The first-order valence-corrected chi connectivity index (χ1v) is 7.55. The molecule has 0 atom stereocenters. The summed E-state index contributed by atoms with van der Waals surface area (Å²) in [5, 5.41) is 0. The van der Waals surface area contributed by atoms with Crippen molar-refractivity contribution in [2.45, 2.75) is 20.8 Å². The molecule has 0 fully saturated rings. The summed E-state index contributed by atoms with van der Waals surface area (Å²) in [6.45, 7) is 5.76. The Balaban J connectivity index is 2.14. The highest BCUT2D eigenvalue weighted by atomic mass is 16.5. The average molecular weight is 329 g/mol. The fourth-order valence-corrected chi connectivity index (χ4v) is 2.34. The van der Waals surface area contributed by atoms with Crippen molar-refractivity contribution in [2.75, 3.05) is 17.5 Å². The minimum Gasteiger partial charge on any atom is -0.462 e. The number of H-pyrrole nitrogens is 1. The summed E-state index contributed by atoms with van der Waals surface area (Å²) in [7, 11) is 0. The van der Waals surface area contributed by atoms with Crippen molar-refractivity contribution in [3.63, 3.8) is 0 Å². The predicted molar refractivity (Wildman–Crippen MR) is 90.6 cm³/mol. The number of hydrogen-bond acceptors (Lipinski definition) is 5. The molecular weight excluding hydrogens is 308 g/mol. The molecule has 0 saturated heterocycles. The molecule has 7 heteroatoms. The smallest absolute Gasteiger partial charge is 0.338 e. The maximum absolute atomic E-state index is 11.6. The van der Waals surface area contributed by atoms with E-state index >= 15 is 0 Å². The van der Waals surface area contributed by atoms with Gasteiger partial charge in [-0.3, -0.25) is 10.2 Å². The summed E-state index contributed by atoms with van der Waals surface area (Å²) >= 11 is 0. The zero-order chi connectivity index (χ0) is 17.7. The van der Waals surface area contributed by atoms with Gasteiger partial charge in [-0.25, -0.2) is 9.78 Å². The number of primary amides is 1. The van der Waals surface area contributed by atoms with Crippen molar-refractivity contribution in [1.82, 2.24) is 0 Å². The molecule has 1 heterocycles. The normalized spacial score (nSPS) is 10.1. The topological polar surface area (TPSA) is 108 Å². The number of carbonyl (C=O) groups is 2. The lowest BCUT2D eigenvalue weighted by Gasteiger charge is -2.12. The van der Waals surface area contributed by atoms with Crippen molar-refractivity contribution < 1.29 is 19.3 Å². The van der Waals surface area contributed by atoms with E-state index in [0.29, 0.717) is 29.1 Å². The molecule has 0 aliphatic carbocycles.